The van der Waals surface area contributed by atoms with Crippen molar-refractivity contribution in [2.75, 3.05) is 32.7 Å². The number of rotatable bonds is 6. The fourth-order valence-electron chi connectivity index (χ4n) is 6.45. The summed E-state index contributed by atoms with van der Waals surface area (Å²) >= 11 is 0. The molecule has 34 heavy (non-hydrogen) atoms. The van der Waals surface area contributed by atoms with Crippen LogP contribution < -0.4 is 0 Å². The highest BCUT2D eigenvalue weighted by atomic mass is 16.2. The number of benzene rings is 2. The van der Waals surface area contributed by atoms with Crippen LogP contribution in [0.2, 0.25) is 0 Å². The van der Waals surface area contributed by atoms with E-state index in [4.69, 9.17) is 0 Å². The maximum absolute atomic E-state index is 12.9. The van der Waals surface area contributed by atoms with Gasteiger partial charge < -0.3 is 4.90 Å². The first-order chi connectivity index (χ1) is 16.6. The minimum Gasteiger partial charge on any atom is -0.339 e. The van der Waals surface area contributed by atoms with Gasteiger partial charge in [-0.3, -0.25) is 14.6 Å². The van der Waals surface area contributed by atoms with Crippen molar-refractivity contribution in [3.8, 4) is 0 Å². The molecule has 2 aromatic carbocycles. The number of likely N-dealkylation sites (tertiary alicyclic amines) is 1. The Bertz CT molecular complexity index is 994. The van der Waals surface area contributed by atoms with Crippen molar-refractivity contribution < 1.29 is 4.79 Å². The normalized spacial score (nSPS) is 24.6. The van der Waals surface area contributed by atoms with Gasteiger partial charge in [0.15, 0.2) is 0 Å². The van der Waals surface area contributed by atoms with Gasteiger partial charge in [-0.25, -0.2) is 0 Å². The van der Waals surface area contributed by atoms with E-state index in [-0.39, 0.29) is 11.9 Å². The number of aryl methyl sites for hydroxylation is 1. The lowest BCUT2D eigenvalue weighted by Gasteiger charge is -2.41. The molecule has 0 N–H and O–H groups in total. The van der Waals surface area contributed by atoms with Crippen molar-refractivity contribution in [3.63, 3.8) is 0 Å². The molecule has 3 saturated heterocycles. The Hall–Kier alpha value is -2.43. The van der Waals surface area contributed by atoms with Gasteiger partial charge in [0.05, 0.1) is 6.04 Å². The molecule has 2 aromatic rings. The van der Waals surface area contributed by atoms with Crippen molar-refractivity contribution >= 4 is 5.91 Å². The summed E-state index contributed by atoms with van der Waals surface area (Å²) in [7, 11) is 0. The Kier molecular flexibility index (Phi) is 7.17. The van der Waals surface area contributed by atoms with Crippen molar-refractivity contribution in [2.24, 2.45) is 0 Å². The van der Waals surface area contributed by atoms with Crippen LogP contribution in [0.3, 0.4) is 0 Å². The van der Waals surface area contributed by atoms with Gasteiger partial charge in [0.1, 0.15) is 0 Å². The Morgan fingerprint density at radius 1 is 0.971 bits per heavy atom. The van der Waals surface area contributed by atoms with Crippen molar-refractivity contribution in [1.29, 1.82) is 0 Å². The third-order valence-electron chi connectivity index (χ3n) is 8.14. The van der Waals surface area contributed by atoms with E-state index in [2.05, 4.69) is 77.9 Å². The highest BCUT2D eigenvalue weighted by Gasteiger charge is 2.36. The topological polar surface area (TPSA) is 26.8 Å². The fourth-order valence-corrected chi connectivity index (χ4v) is 6.45. The van der Waals surface area contributed by atoms with E-state index in [0.717, 1.165) is 51.1 Å². The van der Waals surface area contributed by atoms with Gasteiger partial charge in [-0.15, -0.1) is 6.58 Å². The molecule has 4 nitrogen and oxygen atoms in total. The molecule has 4 heteroatoms. The molecular formula is C30H39N3O. The van der Waals surface area contributed by atoms with Crippen LogP contribution in [-0.4, -0.2) is 65.4 Å². The van der Waals surface area contributed by atoms with Crippen molar-refractivity contribution in [2.45, 2.75) is 63.6 Å². The van der Waals surface area contributed by atoms with Gasteiger partial charge in [-0.05, 0) is 62.3 Å². The van der Waals surface area contributed by atoms with E-state index in [1.807, 2.05) is 4.90 Å². The Morgan fingerprint density at radius 3 is 2.47 bits per heavy atom. The number of carbonyl (C=O) groups excluding carboxylic acids is 1. The average molecular weight is 458 g/mol. The van der Waals surface area contributed by atoms with Crippen LogP contribution in [0.25, 0.3) is 0 Å². The highest BCUT2D eigenvalue weighted by Crippen LogP contribution is 2.36. The Morgan fingerprint density at radius 2 is 1.74 bits per heavy atom. The largest absolute Gasteiger partial charge is 0.339 e. The maximum atomic E-state index is 12.9. The van der Waals surface area contributed by atoms with Gasteiger partial charge in [0, 0.05) is 50.4 Å². The van der Waals surface area contributed by atoms with E-state index in [9.17, 15) is 4.79 Å². The Balaban J connectivity index is 1.45. The minimum absolute atomic E-state index is 0.180. The lowest BCUT2D eigenvalue weighted by atomic mass is 9.93. The summed E-state index contributed by atoms with van der Waals surface area (Å²) in [5, 5.41) is 0. The van der Waals surface area contributed by atoms with Crippen LogP contribution in [0.4, 0.5) is 0 Å². The number of hydrogen-bond acceptors (Lipinski definition) is 3. The molecule has 3 aliphatic heterocycles. The number of hydrogen-bond donors (Lipinski definition) is 0. The van der Waals surface area contributed by atoms with E-state index in [1.165, 1.54) is 42.4 Å². The summed E-state index contributed by atoms with van der Waals surface area (Å²) in [6.45, 7) is 11.2. The summed E-state index contributed by atoms with van der Waals surface area (Å²) in [5.74, 6) is 0.180. The van der Waals surface area contributed by atoms with Gasteiger partial charge >= 0.3 is 0 Å². The molecule has 2 bridgehead atoms. The summed E-state index contributed by atoms with van der Waals surface area (Å²) < 4.78 is 0. The second-order valence-electron chi connectivity index (χ2n) is 10.4. The van der Waals surface area contributed by atoms with Crippen molar-refractivity contribution in [3.05, 3.63) is 83.4 Å². The summed E-state index contributed by atoms with van der Waals surface area (Å²) in [4.78, 5) is 20.3. The summed E-state index contributed by atoms with van der Waals surface area (Å²) in [5.41, 5.74) is 4.75. The van der Waals surface area contributed by atoms with Crippen LogP contribution in [-0.2, 0) is 0 Å². The molecule has 0 saturated carbocycles. The molecule has 3 atom stereocenters. The monoisotopic (exact) mass is 457 g/mol. The average Bonchev–Trinajstić information content (AvgIpc) is 3.37. The molecule has 180 valence electrons. The number of carbonyl (C=O) groups is 1. The zero-order valence-electron chi connectivity index (χ0n) is 20.7. The molecule has 0 radical (unpaired) electrons. The molecule has 0 aliphatic carbocycles. The minimum atomic E-state index is 0.180. The predicted molar refractivity (Wildman–Crippen MR) is 139 cm³/mol. The van der Waals surface area contributed by atoms with Gasteiger partial charge in [-0.1, -0.05) is 54.5 Å². The van der Waals surface area contributed by atoms with Gasteiger partial charge in [-0.2, -0.15) is 0 Å². The fraction of sp³-hybridized carbons (Fsp3) is 0.500. The summed E-state index contributed by atoms with van der Waals surface area (Å²) in [6, 6.07) is 19.0. The molecule has 3 unspecified atom stereocenters. The van der Waals surface area contributed by atoms with Gasteiger partial charge in [0.2, 0.25) is 0 Å². The molecule has 5 rings (SSSR count). The van der Waals surface area contributed by atoms with Crippen LogP contribution in [0.1, 0.15) is 71.6 Å². The highest BCUT2D eigenvalue weighted by molar-refractivity contribution is 5.94. The third kappa shape index (κ3) is 4.85. The quantitative estimate of drug-likeness (QED) is 0.541. The van der Waals surface area contributed by atoms with Crippen LogP contribution in [0, 0.1) is 6.92 Å². The van der Waals surface area contributed by atoms with E-state index in [1.54, 1.807) is 0 Å². The smallest absolute Gasteiger partial charge is 0.253 e. The van der Waals surface area contributed by atoms with E-state index in [0.29, 0.717) is 12.1 Å². The SMILES string of the molecule is C=CCN1C2CCCC1CN(C(c1ccc(C(=O)N3CCCC3)cc1)c1cccc(C)c1)CC2. The zero-order chi connectivity index (χ0) is 23.5. The molecule has 3 heterocycles. The molecular weight excluding hydrogens is 418 g/mol. The maximum Gasteiger partial charge on any atom is 0.253 e. The number of fused-ring (bicyclic) bond motifs is 2. The molecule has 3 fully saturated rings. The molecule has 0 aromatic heterocycles. The first kappa shape index (κ1) is 23.3. The molecule has 0 spiro atoms. The zero-order valence-corrected chi connectivity index (χ0v) is 20.7. The molecule has 3 aliphatic rings. The first-order valence-electron chi connectivity index (χ1n) is 13.2. The van der Waals surface area contributed by atoms with Crippen LogP contribution in [0.15, 0.2) is 61.2 Å². The van der Waals surface area contributed by atoms with Crippen molar-refractivity contribution in [1.82, 2.24) is 14.7 Å². The number of nitrogens with zero attached hydrogens (tertiary/aromatic N) is 3. The second-order valence-corrected chi connectivity index (χ2v) is 10.4. The van der Waals surface area contributed by atoms with Gasteiger partial charge in [0.25, 0.3) is 5.91 Å². The third-order valence-corrected chi connectivity index (χ3v) is 8.14. The van der Waals surface area contributed by atoms with Crippen LogP contribution >= 0.6 is 0 Å². The van der Waals surface area contributed by atoms with Crippen LogP contribution in [0.5, 0.6) is 0 Å². The van der Waals surface area contributed by atoms with E-state index >= 15 is 0 Å². The molecule has 1 amide bonds. The second kappa shape index (κ2) is 10.5. The lowest BCUT2D eigenvalue weighted by Crippen LogP contribution is -2.48. The standard InChI is InChI=1S/C30H39N3O/c1-3-17-33-27-10-7-11-28(33)22-32(20-16-27)29(26-9-6-8-23(2)21-26)24-12-14-25(15-13-24)30(34)31-18-4-5-19-31/h3,6,8-9,12-15,21,27-29H,1,4-5,7,10-11,16-20,22H2,2H3. The number of amides is 1. The van der Waals surface area contributed by atoms with E-state index < -0.39 is 0 Å². The Labute approximate surface area is 205 Å². The lowest BCUT2D eigenvalue weighted by molar-refractivity contribution is 0.0793. The predicted octanol–water partition coefficient (Wildman–Crippen LogP) is 5.44. The first-order valence-corrected chi connectivity index (χ1v) is 13.2. The number of piperidine rings is 1. The summed E-state index contributed by atoms with van der Waals surface area (Å²) in [6.07, 6.45) is 9.44.